The summed E-state index contributed by atoms with van der Waals surface area (Å²) in [6.07, 6.45) is 1.06. The van der Waals surface area contributed by atoms with Crippen molar-refractivity contribution in [2.45, 2.75) is 25.8 Å². The van der Waals surface area contributed by atoms with Crippen LogP contribution >= 0.6 is 0 Å². The van der Waals surface area contributed by atoms with Crippen molar-refractivity contribution >= 4 is 11.9 Å². The number of hydrogen-bond acceptors (Lipinski definition) is 2. The average molecular weight is 283 g/mol. The van der Waals surface area contributed by atoms with E-state index in [0.717, 1.165) is 18.2 Å². The summed E-state index contributed by atoms with van der Waals surface area (Å²) >= 11 is 0. The molecule has 1 heterocycles. The topological polar surface area (TPSA) is 57.6 Å². The number of halogens is 2. The zero-order valence-electron chi connectivity index (χ0n) is 11.0. The first-order valence-electron chi connectivity index (χ1n) is 6.39. The van der Waals surface area contributed by atoms with E-state index in [9.17, 15) is 23.5 Å². The van der Waals surface area contributed by atoms with Gasteiger partial charge in [0.2, 0.25) is 0 Å². The van der Waals surface area contributed by atoms with Crippen molar-refractivity contribution in [1.29, 1.82) is 0 Å². The van der Waals surface area contributed by atoms with Gasteiger partial charge in [0.15, 0.2) is 11.6 Å². The summed E-state index contributed by atoms with van der Waals surface area (Å²) in [5.41, 5.74) is -0.0373. The Balaban J connectivity index is 2.26. The first-order valence-corrected chi connectivity index (χ1v) is 6.39. The van der Waals surface area contributed by atoms with Crippen LogP contribution in [0.4, 0.5) is 8.78 Å². The maximum absolute atomic E-state index is 13.2. The molecule has 1 aromatic carbocycles. The lowest BCUT2D eigenvalue weighted by molar-refractivity contribution is -0.144. The summed E-state index contributed by atoms with van der Waals surface area (Å²) in [5, 5.41) is 9.19. The molecule has 0 radical (unpaired) electrons. The Bertz CT molecular complexity index is 547. The van der Waals surface area contributed by atoms with E-state index in [2.05, 4.69) is 0 Å². The lowest BCUT2D eigenvalue weighted by Gasteiger charge is -2.36. The summed E-state index contributed by atoms with van der Waals surface area (Å²) in [6, 6.07) is 1.91. The van der Waals surface area contributed by atoms with Crippen LogP contribution < -0.4 is 0 Å². The number of aliphatic carboxylic acids is 1. The number of amides is 1. The van der Waals surface area contributed by atoms with Crippen molar-refractivity contribution in [2.75, 3.05) is 6.54 Å². The van der Waals surface area contributed by atoms with Gasteiger partial charge >= 0.3 is 5.97 Å². The third-order valence-electron chi connectivity index (χ3n) is 3.58. The van der Waals surface area contributed by atoms with E-state index in [1.807, 2.05) is 6.92 Å². The molecule has 1 aromatic rings. The van der Waals surface area contributed by atoms with Gasteiger partial charge in [0.25, 0.3) is 5.91 Å². The van der Waals surface area contributed by atoms with E-state index in [1.165, 1.54) is 4.90 Å². The van der Waals surface area contributed by atoms with Crippen molar-refractivity contribution in [1.82, 2.24) is 4.90 Å². The number of carboxylic acid groups (broad SMARTS) is 1. The number of benzene rings is 1. The molecule has 1 saturated heterocycles. The van der Waals surface area contributed by atoms with Crippen molar-refractivity contribution < 1.29 is 23.5 Å². The SMILES string of the molecule is CC1CCN(C(=O)c2ccc(F)c(F)c2)C(C(=O)O)C1. The van der Waals surface area contributed by atoms with Crippen LogP contribution in [0.1, 0.15) is 30.1 Å². The lowest BCUT2D eigenvalue weighted by atomic mass is 9.92. The van der Waals surface area contributed by atoms with Gasteiger partial charge in [0.1, 0.15) is 6.04 Å². The van der Waals surface area contributed by atoms with Crippen LogP contribution in [0.5, 0.6) is 0 Å². The highest BCUT2D eigenvalue weighted by molar-refractivity contribution is 5.96. The van der Waals surface area contributed by atoms with E-state index in [4.69, 9.17) is 0 Å². The standard InChI is InChI=1S/C14H15F2NO3/c1-8-4-5-17(12(6-8)14(19)20)13(18)9-2-3-10(15)11(16)7-9/h2-3,7-8,12H,4-6H2,1H3,(H,19,20). The van der Waals surface area contributed by atoms with Gasteiger partial charge in [0, 0.05) is 12.1 Å². The molecule has 0 spiro atoms. The predicted octanol–water partition coefficient (Wildman–Crippen LogP) is 2.29. The fraction of sp³-hybridized carbons (Fsp3) is 0.429. The predicted molar refractivity (Wildman–Crippen MR) is 67.2 cm³/mol. The second-order valence-electron chi connectivity index (χ2n) is 5.11. The third-order valence-corrected chi connectivity index (χ3v) is 3.58. The second kappa shape index (κ2) is 5.56. The molecule has 6 heteroatoms. The average Bonchev–Trinajstić information content (AvgIpc) is 2.41. The Morgan fingerprint density at radius 1 is 1.30 bits per heavy atom. The number of carbonyl (C=O) groups is 2. The second-order valence-corrected chi connectivity index (χ2v) is 5.11. The molecule has 0 aromatic heterocycles. The van der Waals surface area contributed by atoms with Gasteiger partial charge in [-0.25, -0.2) is 13.6 Å². The molecule has 2 rings (SSSR count). The van der Waals surface area contributed by atoms with Crippen LogP contribution in [0, 0.1) is 17.6 Å². The minimum atomic E-state index is -1.12. The van der Waals surface area contributed by atoms with E-state index in [1.54, 1.807) is 0 Å². The normalized spacial score (nSPS) is 22.6. The highest BCUT2D eigenvalue weighted by Crippen LogP contribution is 2.24. The van der Waals surface area contributed by atoms with Crippen molar-refractivity contribution in [3.8, 4) is 0 Å². The molecular formula is C14H15F2NO3. The molecule has 1 fully saturated rings. The summed E-state index contributed by atoms with van der Waals surface area (Å²) in [5.74, 6) is -3.60. The number of carboxylic acids is 1. The van der Waals surface area contributed by atoms with Gasteiger partial charge in [-0.1, -0.05) is 6.92 Å². The highest BCUT2D eigenvalue weighted by Gasteiger charge is 2.35. The van der Waals surface area contributed by atoms with Gasteiger partial charge in [0.05, 0.1) is 0 Å². The lowest BCUT2D eigenvalue weighted by Crippen LogP contribution is -2.49. The molecule has 1 aliphatic rings. The molecule has 0 bridgehead atoms. The maximum atomic E-state index is 13.2. The summed E-state index contributed by atoms with van der Waals surface area (Å²) in [7, 11) is 0. The monoisotopic (exact) mass is 283 g/mol. The quantitative estimate of drug-likeness (QED) is 0.906. The molecule has 1 N–H and O–H groups in total. The molecule has 108 valence electrons. The molecule has 1 amide bonds. The van der Waals surface area contributed by atoms with E-state index in [-0.39, 0.29) is 11.5 Å². The van der Waals surface area contributed by atoms with Crippen LogP contribution in [-0.4, -0.2) is 34.5 Å². The zero-order chi connectivity index (χ0) is 14.9. The molecule has 2 unspecified atom stereocenters. The van der Waals surface area contributed by atoms with E-state index >= 15 is 0 Å². The molecule has 4 nitrogen and oxygen atoms in total. The van der Waals surface area contributed by atoms with Gasteiger partial charge in [-0.2, -0.15) is 0 Å². The fourth-order valence-electron chi connectivity index (χ4n) is 2.41. The van der Waals surface area contributed by atoms with Crippen molar-refractivity contribution in [3.05, 3.63) is 35.4 Å². The number of hydrogen-bond donors (Lipinski definition) is 1. The maximum Gasteiger partial charge on any atom is 0.326 e. The van der Waals surface area contributed by atoms with Gasteiger partial charge in [-0.15, -0.1) is 0 Å². The van der Waals surface area contributed by atoms with Crippen LogP contribution in [-0.2, 0) is 4.79 Å². The zero-order valence-corrected chi connectivity index (χ0v) is 11.0. The summed E-state index contributed by atoms with van der Waals surface area (Å²) in [6.45, 7) is 2.23. The molecule has 20 heavy (non-hydrogen) atoms. The van der Waals surface area contributed by atoms with Crippen LogP contribution in [0.3, 0.4) is 0 Å². The Labute approximate surface area is 115 Å². The number of nitrogens with zero attached hydrogens (tertiary/aromatic N) is 1. The minimum absolute atomic E-state index is 0.0373. The summed E-state index contributed by atoms with van der Waals surface area (Å²) in [4.78, 5) is 24.7. The Hall–Kier alpha value is -1.98. The first-order chi connectivity index (χ1) is 9.40. The molecule has 2 atom stereocenters. The highest BCUT2D eigenvalue weighted by atomic mass is 19.2. The van der Waals surface area contributed by atoms with E-state index < -0.39 is 29.6 Å². The van der Waals surface area contributed by atoms with Crippen LogP contribution in [0.25, 0.3) is 0 Å². The molecule has 0 saturated carbocycles. The molecule has 0 aliphatic carbocycles. The van der Waals surface area contributed by atoms with Crippen molar-refractivity contribution in [2.24, 2.45) is 5.92 Å². The third kappa shape index (κ3) is 2.79. The Kier molecular flexibility index (Phi) is 4.01. The Morgan fingerprint density at radius 3 is 2.60 bits per heavy atom. The number of piperidine rings is 1. The number of carbonyl (C=O) groups excluding carboxylic acids is 1. The van der Waals surface area contributed by atoms with Crippen molar-refractivity contribution in [3.63, 3.8) is 0 Å². The smallest absolute Gasteiger partial charge is 0.326 e. The molecule has 1 aliphatic heterocycles. The molecular weight excluding hydrogens is 268 g/mol. The fourth-order valence-corrected chi connectivity index (χ4v) is 2.41. The Morgan fingerprint density at radius 2 is 2.00 bits per heavy atom. The largest absolute Gasteiger partial charge is 0.480 e. The first kappa shape index (κ1) is 14.4. The number of likely N-dealkylation sites (tertiary alicyclic amines) is 1. The van der Waals surface area contributed by atoms with E-state index in [0.29, 0.717) is 19.4 Å². The number of rotatable bonds is 2. The summed E-state index contributed by atoms with van der Waals surface area (Å²) < 4.78 is 26.0. The van der Waals surface area contributed by atoms with Crippen LogP contribution in [0.15, 0.2) is 18.2 Å². The van der Waals surface area contributed by atoms with Gasteiger partial charge in [-0.05, 0) is 37.0 Å². The minimum Gasteiger partial charge on any atom is -0.480 e. The van der Waals surface area contributed by atoms with Crippen LogP contribution in [0.2, 0.25) is 0 Å². The van der Waals surface area contributed by atoms with Gasteiger partial charge < -0.3 is 10.0 Å². The van der Waals surface area contributed by atoms with Gasteiger partial charge in [-0.3, -0.25) is 4.79 Å².